The summed E-state index contributed by atoms with van der Waals surface area (Å²) < 4.78 is 36.2. The number of alkyl halides is 3. The lowest BCUT2D eigenvalue weighted by molar-refractivity contribution is -0.141. The van der Waals surface area contributed by atoms with Crippen molar-refractivity contribution in [1.82, 2.24) is 10.6 Å². The standard InChI is InChI=1S/C11H19F3N2O/c1-8(7-11(12,13)14)16-10(17)6-9-2-4-15-5-3-9/h8-9,15H,2-7H2,1H3,(H,16,17). The fraction of sp³-hybridized carbons (Fsp3) is 0.909. The molecule has 1 aliphatic rings. The summed E-state index contributed by atoms with van der Waals surface area (Å²) in [5.41, 5.74) is 0. The monoisotopic (exact) mass is 252 g/mol. The highest BCUT2D eigenvalue weighted by atomic mass is 19.4. The molecule has 6 heteroatoms. The Hall–Kier alpha value is -0.780. The minimum absolute atomic E-state index is 0.270. The van der Waals surface area contributed by atoms with Gasteiger partial charge in [0.25, 0.3) is 0 Å². The van der Waals surface area contributed by atoms with Crippen LogP contribution in [0.2, 0.25) is 0 Å². The van der Waals surface area contributed by atoms with Crippen LogP contribution in [-0.4, -0.2) is 31.2 Å². The molecule has 1 heterocycles. The van der Waals surface area contributed by atoms with Gasteiger partial charge in [-0.1, -0.05) is 0 Å². The Morgan fingerprint density at radius 2 is 2.00 bits per heavy atom. The molecule has 17 heavy (non-hydrogen) atoms. The Morgan fingerprint density at radius 1 is 1.41 bits per heavy atom. The summed E-state index contributed by atoms with van der Waals surface area (Å²) in [4.78, 5) is 11.5. The van der Waals surface area contributed by atoms with Crippen LogP contribution in [-0.2, 0) is 4.79 Å². The third-order valence-corrected chi connectivity index (χ3v) is 2.88. The predicted molar refractivity (Wildman–Crippen MR) is 58.5 cm³/mol. The summed E-state index contributed by atoms with van der Waals surface area (Å²) in [5, 5.41) is 5.58. The number of halogens is 3. The van der Waals surface area contributed by atoms with Gasteiger partial charge in [0.2, 0.25) is 5.91 Å². The molecular weight excluding hydrogens is 233 g/mol. The van der Waals surface area contributed by atoms with E-state index < -0.39 is 18.6 Å². The third-order valence-electron chi connectivity index (χ3n) is 2.88. The number of hydrogen-bond donors (Lipinski definition) is 2. The summed E-state index contributed by atoms with van der Waals surface area (Å²) in [7, 11) is 0. The van der Waals surface area contributed by atoms with Gasteiger partial charge in [-0.2, -0.15) is 13.2 Å². The second-order valence-electron chi connectivity index (χ2n) is 4.69. The van der Waals surface area contributed by atoms with Gasteiger partial charge in [-0.05, 0) is 38.8 Å². The topological polar surface area (TPSA) is 41.1 Å². The second-order valence-corrected chi connectivity index (χ2v) is 4.69. The van der Waals surface area contributed by atoms with E-state index >= 15 is 0 Å². The van der Waals surface area contributed by atoms with E-state index in [1.54, 1.807) is 0 Å². The van der Waals surface area contributed by atoms with Crippen LogP contribution in [0, 0.1) is 5.92 Å². The van der Waals surface area contributed by atoms with Crippen LogP contribution >= 0.6 is 0 Å². The van der Waals surface area contributed by atoms with E-state index in [1.807, 2.05) is 0 Å². The highest BCUT2D eigenvalue weighted by Gasteiger charge is 2.30. The van der Waals surface area contributed by atoms with Gasteiger partial charge in [-0.25, -0.2) is 0 Å². The first-order valence-corrected chi connectivity index (χ1v) is 5.93. The van der Waals surface area contributed by atoms with Crippen molar-refractivity contribution in [3.8, 4) is 0 Å². The van der Waals surface area contributed by atoms with E-state index in [4.69, 9.17) is 0 Å². The van der Waals surface area contributed by atoms with Gasteiger partial charge in [-0.15, -0.1) is 0 Å². The second kappa shape index (κ2) is 6.23. The molecule has 100 valence electrons. The van der Waals surface area contributed by atoms with Crippen molar-refractivity contribution in [2.45, 2.75) is 44.8 Å². The smallest absolute Gasteiger partial charge is 0.353 e. The van der Waals surface area contributed by atoms with Crippen LogP contribution in [0.3, 0.4) is 0 Å². The number of rotatable bonds is 4. The van der Waals surface area contributed by atoms with Crippen molar-refractivity contribution in [2.24, 2.45) is 5.92 Å². The van der Waals surface area contributed by atoms with Crippen molar-refractivity contribution in [3.05, 3.63) is 0 Å². The number of piperidine rings is 1. The molecule has 0 spiro atoms. The Kier molecular flexibility index (Phi) is 5.24. The zero-order chi connectivity index (χ0) is 12.9. The van der Waals surface area contributed by atoms with E-state index in [2.05, 4.69) is 10.6 Å². The Balaban J connectivity index is 2.23. The fourth-order valence-corrected chi connectivity index (χ4v) is 2.08. The molecule has 0 saturated carbocycles. The van der Waals surface area contributed by atoms with Gasteiger partial charge in [0, 0.05) is 12.5 Å². The van der Waals surface area contributed by atoms with Crippen LogP contribution in [0.25, 0.3) is 0 Å². The van der Waals surface area contributed by atoms with Crippen LogP contribution in [0.15, 0.2) is 0 Å². The van der Waals surface area contributed by atoms with Gasteiger partial charge in [0.05, 0.1) is 6.42 Å². The molecule has 0 aromatic rings. The average molecular weight is 252 g/mol. The first kappa shape index (κ1) is 14.3. The molecular formula is C11H19F3N2O. The molecule has 1 saturated heterocycles. The maximum atomic E-state index is 12.1. The molecule has 3 nitrogen and oxygen atoms in total. The first-order chi connectivity index (χ1) is 7.87. The largest absolute Gasteiger partial charge is 0.391 e. The normalized spacial score (nSPS) is 20.0. The van der Waals surface area contributed by atoms with Gasteiger partial charge in [0.1, 0.15) is 0 Å². The van der Waals surface area contributed by atoms with Crippen LogP contribution < -0.4 is 10.6 Å². The Morgan fingerprint density at radius 3 is 2.53 bits per heavy atom. The number of hydrogen-bond acceptors (Lipinski definition) is 2. The van der Waals surface area contributed by atoms with E-state index in [9.17, 15) is 18.0 Å². The lowest BCUT2D eigenvalue weighted by atomic mass is 9.94. The Labute approximate surface area is 99.1 Å². The summed E-state index contributed by atoms with van der Waals surface area (Å²) >= 11 is 0. The van der Waals surface area contributed by atoms with Gasteiger partial charge in [-0.3, -0.25) is 4.79 Å². The molecule has 1 unspecified atom stereocenters. The van der Waals surface area contributed by atoms with E-state index in [0.717, 1.165) is 25.9 Å². The molecule has 1 atom stereocenters. The third kappa shape index (κ3) is 6.51. The lowest BCUT2D eigenvalue weighted by Crippen LogP contribution is -2.38. The van der Waals surface area contributed by atoms with Gasteiger partial charge < -0.3 is 10.6 Å². The van der Waals surface area contributed by atoms with E-state index in [1.165, 1.54) is 6.92 Å². The number of amides is 1. The van der Waals surface area contributed by atoms with Gasteiger partial charge >= 0.3 is 6.18 Å². The number of carbonyl (C=O) groups excluding carboxylic acids is 1. The van der Waals surface area contributed by atoms with Crippen LogP contribution in [0.1, 0.15) is 32.6 Å². The predicted octanol–water partition coefficient (Wildman–Crippen LogP) is 1.83. The van der Waals surface area contributed by atoms with Crippen molar-refractivity contribution >= 4 is 5.91 Å². The molecule has 0 aromatic carbocycles. The molecule has 1 rings (SSSR count). The molecule has 2 N–H and O–H groups in total. The first-order valence-electron chi connectivity index (χ1n) is 5.93. The van der Waals surface area contributed by atoms with E-state index in [-0.39, 0.29) is 5.91 Å². The van der Waals surface area contributed by atoms with Crippen molar-refractivity contribution in [2.75, 3.05) is 13.1 Å². The quantitative estimate of drug-likeness (QED) is 0.801. The SMILES string of the molecule is CC(CC(F)(F)F)NC(=O)CC1CCNCC1. The minimum Gasteiger partial charge on any atom is -0.353 e. The fourth-order valence-electron chi connectivity index (χ4n) is 2.08. The number of carbonyl (C=O) groups is 1. The molecule has 0 radical (unpaired) electrons. The zero-order valence-electron chi connectivity index (χ0n) is 9.94. The highest BCUT2D eigenvalue weighted by Crippen LogP contribution is 2.21. The average Bonchev–Trinajstić information content (AvgIpc) is 2.15. The highest BCUT2D eigenvalue weighted by molar-refractivity contribution is 5.76. The summed E-state index contributed by atoms with van der Waals surface area (Å²) in [6.45, 7) is 3.15. The zero-order valence-corrected chi connectivity index (χ0v) is 9.94. The minimum atomic E-state index is -4.22. The molecule has 1 fully saturated rings. The maximum absolute atomic E-state index is 12.1. The Bertz CT molecular complexity index is 250. The molecule has 1 amide bonds. The summed E-state index contributed by atoms with van der Waals surface area (Å²) in [6.07, 6.45) is -3.02. The lowest BCUT2D eigenvalue weighted by Gasteiger charge is -2.23. The van der Waals surface area contributed by atoms with Crippen molar-refractivity contribution in [1.29, 1.82) is 0 Å². The molecule has 1 aliphatic heterocycles. The summed E-state index contributed by atoms with van der Waals surface area (Å²) in [5.74, 6) is 0.0305. The van der Waals surface area contributed by atoms with Crippen LogP contribution in [0.5, 0.6) is 0 Å². The van der Waals surface area contributed by atoms with Crippen molar-refractivity contribution in [3.63, 3.8) is 0 Å². The van der Waals surface area contributed by atoms with Gasteiger partial charge in [0.15, 0.2) is 0 Å². The molecule has 0 aromatic heterocycles. The van der Waals surface area contributed by atoms with E-state index in [0.29, 0.717) is 12.3 Å². The van der Waals surface area contributed by atoms with Crippen LogP contribution in [0.4, 0.5) is 13.2 Å². The molecule has 0 bridgehead atoms. The number of nitrogens with one attached hydrogen (secondary N) is 2. The summed E-state index contributed by atoms with van der Waals surface area (Å²) in [6, 6.07) is -0.843. The molecule has 0 aliphatic carbocycles. The maximum Gasteiger partial charge on any atom is 0.391 e. The van der Waals surface area contributed by atoms with Crippen molar-refractivity contribution < 1.29 is 18.0 Å².